The van der Waals surface area contributed by atoms with Crippen molar-refractivity contribution in [2.45, 2.75) is 39.2 Å². The molecule has 4 nitrogen and oxygen atoms in total. The standard InChI is InChI=1S/C17H26N2O2/c1-13(2)11-19(12-15-4-3-9-18-15)17(21)10-14-5-7-16(20)8-6-14/h5-8,13,15,18,20H,3-4,9-12H2,1-2H3. The second kappa shape index (κ2) is 7.46. The molecule has 0 aliphatic carbocycles. The Balaban J connectivity index is 1.97. The molecule has 1 saturated heterocycles. The third-order valence-corrected chi connectivity index (χ3v) is 3.83. The lowest BCUT2D eigenvalue weighted by atomic mass is 10.1. The van der Waals surface area contributed by atoms with Crippen molar-refractivity contribution >= 4 is 5.91 Å². The molecular weight excluding hydrogens is 264 g/mol. The molecule has 1 aromatic carbocycles. The van der Waals surface area contributed by atoms with Crippen LogP contribution < -0.4 is 5.32 Å². The van der Waals surface area contributed by atoms with E-state index < -0.39 is 0 Å². The molecule has 1 unspecified atom stereocenters. The van der Waals surface area contributed by atoms with Crippen molar-refractivity contribution in [2.24, 2.45) is 5.92 Å². The van der Waals surface area contributed by atoms with Gasteiger partial charge < -0.3 is 15.3 Å². The maximum atomic E-state index is 12.6. The Bertz CT molecular complexity index is 450. The van der Waals surface area contributed by atoms with Crippen LogP contribution in [0.15, 0.2) is 24.3 Å². The molecule has 1 fully saturated rings. The summed E-state index contributed by atoms with van der Waals surface area (Å²) in [6.45, 7) is 6.95. The molecule has 116 valence electrons. The third-order valence-electron chi connectivity index (χ3n) is 3.83. The number of benzene rings is 1. The van der Waals surface area contributed by atoms with Gasteiger partial charge in [0.25, 0.3) is 0 Å². The lowest BCUT2D eigenvalue weighted by Crippen LogP contribution is -2.43. The highest BCUT2D eigenvalue weighted by molar-refractivity contribution is 5.78. The van der Waals surface area contributed by atoms with Gasteiger partial charge in [-0.15, -0.1) is 0 Å². The Hall–Kier alpha value is -1.55. The van der Waals surface area contributed by atoms with E-state index in [0.717, 1.165) is 31.6 Å². The molecule has 1 atom stereocenters. The van der Waals surface area contributed by atoms with Crippen molar-refractivity contribution in [3.05, 3.63) is 29.8 Å². The summed E-state index contributed by atoms with van der Waals surface area (Å²) in [5, 5.41) is 12.8. The summed E-state index contributed by atoms with van der Waals surface area (Å²) >= 11 is 0. The molecule has 1 amide bonds. The maximum absolute atomic E-state index is 12.6. The second-order valence-corrected chi connectivity index (χ2v) is 6.33. The molecule has 1 heterocycles. The first kappa shape index (κ1) is 15.8. The summed E-state index contributed by atoms with van der Waals surface area (Å²) in [6, 6.07) is 7.33. The minimum Gasteiger partial charge on any atom is -0.508 e. The monoisotopic (exact) mass is 290 g/mol. The van der Waals surface area contributed by atoms with E-state index in [-0.39, 0.29) is 11.7 Å². The molecule has 0 spiro atoms. The van der Waals surface area contributed by atoms with Gasteiger partial charge >= 0.3 is 0 Å². The van der Waals surface area contributed by atoms with Crippen molar-refractivity contribution in [3.63, 3.8) is 0 Å². The number of hydrogen-bond acceptors (Lipinski definition) is 3. The van der Waals surface area contributed by atoms with Gasteiger partial charge in [-0.3, -0.25) is 4.79 Å². The Morgan fingerprint density at radius 3 is 2.67 bits per heavy atom. The molecule has 0 radical (unpaired) electrons. The summed E-state index contributed by atoms with van der Waals surface area (Å²) in [4.78, 5) is 14.5. The first-order valence-electron chi connectivity index (χ1n) is 7.83. The van der Waals surface area contributed by atoms with E-state index in [2.05, 4.69) is 19.2 Å². The number of nitrogens with one attached hydrogen (secondary N) is 1. The quantitative estimate of drug-likeness (QED) is 0.844. The van der Waals surface area contributed by atoms with Crippen LogP contribution in [-0.2, 0) is 11.2 Å². The van der Waals surface area contributed by atoms with Crippen molar-refractivity contribution in [3.8, 4) is 5.75 Å². The minimum absolute atomic E-state index is 0.170. The molecule has 2 rings (SSSR count). The number of aromatic hydroxyl groups is 1. The molecular formula is C17H26N2O2. The van der Waals surface area contributed by atoms with Crippen LogP contribution in [0.5, 0.6) is 5.75 Å². The van der Waals surface area contributed by atoms with Gasteiger partial charge in [-0.25, -0.2) is 0 Å². The van der Waals surface area contributed by atoms with Gasteiger partial charge in [-0.05, 0) is 43.0 Å². The third kappa shape index (κ3) is 5.05. The molecule has 1 aliphatic heterocycles. The summed E-state index contributed by atoms with van der Waals surface area (Å²) in [5.74, 6) is 0.874. The second-order valence-electron chi connectivity index (χ2n) is 6.33. The normalized spacial score (nSPS) is 18.1. The smallest absolute Gasteiger partial charge is 0.227 e. The van der Waals surface area contributed by atoms with Crippen LogP contribution in [0.4, 0.5) is 0 Å². The first-order chi connectivity index (χ1) is 10.0. The number of hydrogen-bond donors (Lipinski definition) is 2. The predicted molar refractivity (Wildman–Crippen MR) is 84.3 cm³/mol. The SMILES string of the molecule is CC(C)CN(CC1CCCN1)C(=O)Cc1ccc(O)cc1. The fourth-order valence-corrected chi connectivity index (χ4v) is 2.80. The number of nitrogens with zero attached hydrogens (tertiary/aromatic N) is 1. The van der Waals surface area contributed by atoms with E-state index in [1.807, 2.05) is 17.0 Å². The zero-order chi connectivity index (χ0) is 15.2. The van der Waals surface area contributed by atoms with Crippen molar-refractivity contribution < 1.29 is 9.90 Å². The van der Waals surface area contributed by atoms with E-state index in [0.29, 0.717) is 18.4 Å². The minimum atomic E-state index is 0.170. The number of carbonyl (C=O) groups is 1. The fourth-order valence-electron chi connectivity index (χ4n) is 2.80. The number of carbonyl (C=O) groups excluding carboxylic acids is 1. The molecule has 1 aliphatic rings. The highest BCUT2D eigenvalue weighted by atomic mass is 16.3. The highest BCUT2D eigenvalue weighted by Crippen LogP contribution is 2.13. The van der Waals surface area contributed by atoms with E-state index >= 15 is 0 Å². The summed E-state index contributed by atoms with van der Waals surface area (Å²) in [5.41, 5.74) is 0.950. The van der Waals surface area contributed by atoms with Crippen LogP contribution in [0.1, 0.15) is 32.3 Å². The molecule has 0 aromatic heterocycles. The van der Waals surface area contributed by atoms with Crippen LogP contribution in [0.3, 0.4) is 0 Å². The number of amides is 1. The molecule has 0 bridgehead atoms. The van der Waals surface area contributed by atoms with Crippen molar-refractivity contribution in [1.29, 1.82) is 0 Å². The molecule has 21 heavy (non-hydrogen) atoms. The molecule has 4 heteroatoms. The van der Waals surface area contributed by atoms with Crippen LogP contribution in [0, 0.1) is 5.92 Å². The van der Waals surface area contributed by atoms with Crippen molar-refractivity contribution in [1.82, 2.24) is 10.2 Å². The van der Waals surface area contributed by atoms with Crippen LogP contribution in [-0.4, -0.2) is 41.6 Å². The van der Waals surface area contributed by atoms with Crippen molar-refractivity contribution in [2.75, 3.05) is 19.6 Å². The largest absolute Gasteiger partial charge is 0.508 e. The molecule has 2 N–H and O–H groups in total. The van der Waals surface area contributed by atoms with Gasteiger partial charge in [-0.2, -0.15) is 0 Å². The lowest BCUT2D eigenvalue weighted by molar-refractivity contribution is -0.131. The van der Waals surface area contributed by atoms with Gasteiger partial charge in [0, 0.05) is 19.1 Å². The Kier molecular flexibility index (Phi) is 5.62. The zero-order valence-electron chi connectivity index (χ0n) is 13.0. The Labute approximate surface area is 127 Å². The zero-order valence-corrected chi connectivity index (χ0v) is 13.0. The van der Waals surface area contributed by atoms with Gasteiger partial charge in [0.2, 0.25) is 5.91 Å². The van der Waals surface area contributed by atoms with Crippen LogP contribution in [0.25, 0.3) is 0 Å². The van der Waals surface area contributed by atoms with Gasteiger partial charge in [0.05, 0.1) is 6.42 Å². The summed E-state index contributed by atoms with van der Waals surface area (Å²) < 4.78 is 0. The molecule has 0 saturated carbocycles. The van der Waals surface area contributed by atoms with E-state index in [4.69, 9.17) is 0 Å². The highest BCUT2D eigenvalue weighted by Gasteiger charge is 2.22. The first-order valence-corrected chi connectivity index (χ1v) is 7.83. The Morgan fingerprint density at radius 2 is 2.10 bits per heavy atom. The maximum Gasteiger partial charge on any atom is 0.227 e. The van der Waals surface area contributed by atoms with Crippen LogP contribution >= 0.6 is 0 Å². The average molecular weight is 290 g/mol. The summed E-state index contributed by atoms with van der Waals surface area (Å²) in [6.07, 6.45) is 2.76. The Morgan fingerprint density at radius 1 is 1.38 bits per heavy atom. The van der Waals surface area contributed by atoms with Gasteiger partial charge in [0.1, 0.15) is 5.75 Å². The number of rotatable bonds is 6. The average Bonchev–Trinajstić information content (AvgIpc) is 2.93. The van der Waals surface area contributed by atoms with Gasteiger partial charge in [-0.1, -0.05) is 26.0 Å². The van der Waals surface area contributed by atoms with Gasteiger partial charge in [0.15, 0.2) is 0 Å². The van der Waals surface area contributed by atoms with Crippen LogP contribution in [0.2, 0.25) is 0 Å². The summed E-state index contributed by atoms with van der Waals surface area (Å²) in [7, 11) is 0. The lowest BCUT2D eigenvalue weighted by Gasteiger charge is -2.27. The predicted octanol–water partition coefficient (Wildman–Crippen LogP) is 2.17. The number of phenols is 1. The topological polar surface area (TPSA) is 52.6 Å². The van der Waals surface area contributed by atoms with E-state index in [1.165, 1.54) is 6.42 Å². The van der Waals surface area contributed by atoms with E-state index in [9.17, 15) is 9.90 Å². The number of phenolic OH excluding ortho intramolecular Hbond substituents is 1. The van der Waals surface area contributed by atoms with E-state index in [1.54, 1.807) is 12.1 Å². The fraction of sp³-hybridized carbons (Fsp3) is 0.588. The molecule has 1 aromatic rings.